The summed E-state index contributed by atoms with van der Waals surface area (Å²) < 4.78 is 0. The Bertz CT molecular complexity index is 235. The summed E-state index contributed by atoms with van der Waals surface area (Å²) in [6.45, 7) is 2.23. The van der Waals surface area contributed by atoms with E-state index in [2.05, 4.69) is 19.1 Å². The maximum Gasteiger partial charge on any atom is 0 e. The van der Waals surface area contributed by atoms with Crippen LogP contribution in [0.15, 0.2) is 12.1 Å². The predicted octanol–water partition coefficient (Wildman–Crippen LogP) is 2.59. The van der Waals surface area contributed by atoms with E-state index in [4.69, 9.17) is 0 Å². The third-order valence-electron chi connectivity index (χ3n) is 2.52. The maximum atomic E-state index is 2.30. The van der Waals surface area contributed by atoms with Crippen LogP contribution in [0.1, 0.15) is 29.5 Å². The van der Waals surface area contributed by atoms with Crippen LogP contribution in [0.25, 0.3) is 0 Å². The molecule has 1 aromatic rings. The minimum absolute atomic E-state index is 0. The van der Waals surface area contributed by atoms with Crippen molar-refractivity contribution in [2.45, 2.75) is 32.6 Å². The fourth-order valence-electron chi connectivity index (χ4n) is 1.89. The number of rotatable bonds is 0. The van der Waals surface area contributed by atoms with Gasteiger partial charge in [-0.3, -0.25) is 0 Å². The Labute approximate surface area is 83.2 Å². The van der Waals surface area contributed by atoms with Gasteiger partial charge in [0.2, 0.25) is 0 Å². The van der Waals surface area contributed by atoms with E-state index in [1.54, 1.807) is 11.1 Å². The zero-order valence-electron chi connectivity index (χ0n) is 6.98. The number of hydrogen-bond donors (Lipinski definition) is 0. The number of fused-ring (bicyclic) bond motifs is 1. The first-order valence-corrected chi connectivity index (χ1v) is 4.12. The molecule has 1 aromatic carbocycles. The van der Waals surface area contributed by atoms with Crippen LogP contribution in [0, 0.1) is 6.92 Å². The molecule has 0 nitrogen and oxygen atoms in total. The molecule has 0 fully saturated rings. The minimum atomic E-state index is 0. The molecule has 11 heavy (non-hydrogen) atoms. The molecule has 0 N–H and O–H groups in total. The third-order valence-corrected chi connectivity index (χ3v) is 2.52. The maximum absolute atomic E-state index is 2.30. The van der Waals surface area contributed by atoms with Gasteiger partial charge in [0, 0.05) is 21.7 Å². The van der Waals surface area contributed by atoms with Gasteiger partial charge in [0.15, 0.2) is 0 Å². The molecule has 1 aliphatic rings. The normalized spacial score (nSPS) is 15.4. The van der Waals surface area contributed by atoms with E-state index in [-0.39, 0.29) is 21.7 Å². The summed E-state index contributed by atoms with van der Waals surface area (Å²) in [6, 6.07) is 4.56. The van der Waals surface area contributed by atoms with Crippen molar-refractivity contribution in [1.82, 2.24) is 0 Å². The first-order chi connectivity index (χ1) is 4.88. The van der Waals surface area contributed by atoms with Crippen LogP contribution in [-0.4, -0.2) is 0 Å². The molecule has 0 atom stereocenters. The standard InChI is InChI=1S/C10H13.Ti/c1-8-6-7-9-4-2-3-5-10(8)9;/h6-7H,2-5H2,1H3;/q-1;. The summed E-state index contributed by atoms with van der Waals surface area (Å²) >= 11 is 0. The van der Waals surface area contributed by atoms with E-state index in [0.717, 1.165) is 0 Å². The molecule has 2 rings (SSSR count). The quantitative estimate of drug-likeness (QED) is 0.426. The van der Waals surface area contributed by atoms with Crippen molar-refractivity contribution in [3.63, 3.8) is 0 Å². The van der Waals surface area contributed by atoms with Gasteiger partial charge in [-0.2, -0.15) is 22.8 Å². The molecule has 0 radical (unpaired) electrons. The van der Waals surface area contributed by atoms with Gasteiger partial charge < -0.3 is 0 Å². The largest absolute Gasteiger partial charge is 0.210 e. The summed E-state index contributed by atoms with van der Waals surface area (Å²) in [4.78, 5) is 0. The van der Waals surface area contributed by atoms with Crippen molar-refractivity contribution in [2.24, 2.45) is 0 Å². The molecular formula is C10H13Ti-. The molecule has 1 aliphatic carbocycles. The van der Waals surface area contributed by atoms with Crippen LogP contribution in [-0.2, 0) is 34.6 Å². The second-order valence-corrected chi connectivity index (χ2v) is 3.23. The zero-order valence-corrected chi connectivity index (χ0v) is 8.54. The van der Waals surface area contributed by atoms with Crippen LogP contribution in [0.3, 0.4) is 0 Å². The van der Waals surface area contributed by atoms with E-state index in [1.807, 2.05) is 0 Å². The first kappa shape index (κ1) is 9.15. The topological polar surface area (TPSA) is 0 Å². The van der Waals surface area contributed by atoms with Gasteiger partial charge in [-0.05, 0) is 0 Å². The molecule has 58 valence electrons. The minimum Gasteiger partial charge on any atom is -0.210 e. The summed E-state index contributed by atoms with van der Waals surface area (Å²) in [6.07, 6.45) is 5.45. The zero-order chi connectivity index (χ0) is 6.97. The van der Waals surface area contributed by atoms with Gasteiger partial charge in [-0.15, -0.1) is 0 Å². The molecule has 0 spiro atoms. The first-order valence-electron chi connectivity index (χ1n) is 4.12. The van der Waals surface area contributed by atoms with Gasteiger partial charge in [0.05, 0.1) is 0 Å². The van der Waals surface area contributed by atoms with Crippen LogP contribution >= 0.6 is 0 Å². The number of hydrogen-bond acceptors (Lipinski definition) is 0. The molecule has 0 aromatic heterocycles. The smallest absolute Gasteiger partial charge is 0 e. The van der Waals surface area contributed by atoms with Crippen molar-refractivity contribution < 1.29 is 21.7 Å². The molecule has 0 unspecified atom stereocenters. The summed E-state index contributed by atoms with van der Waals surface area (Å²) in [5.41, 5.74) is 4.77. The molecule has 0 saturated heterocycles. The molecule has 1 heteroatoms. The van der Waals surface area contributed by atoms with Crippen LogP contribution in [0.2, 0.25) is 0 Å². The van der Waals surface area contributed by atoms with E-state index in [0.29, 0.717) is 0 Å². The van der Waals surface area contributed by atoms with Crippen molar-refractivity contribution in [3.05, 3.63) is 28.8 Å². The molecule has 0 saturated carbocycles. The van der Waals surface area contributed by atoms with E-state index in [9.17, 15) is 0 Å². The van der Waals surface area contributed by atoms with Crippen molar-refractivity contribution in [2.75, 3.05) is 0 Å². The SMILES string of the molecule is C[c-]1ccc2c1CCCC2.[Ti]. The van der Waals surface area contributed by atoms with Gasteiger partial charge in [0.1, 0.15) is 0 Å². The molecule has 0 amide bonds. The molecule has 0 heterocycles. The second-order valence-electron chi connectivity index (χ2n) is 3.23. The average Bonchev–Trinajstić information content (AvgIpc) is 2.34. The Morgan fingerprint density at radius 2 is 2.00 bits per heavy atom. The number of aryl methyl sites for hydroxylation is 2. The summed E-state index contributed by atoms with van der Waals surface area (Å²) in [5.74, 6) is 0. The van der Waals surface area contributed by atoms with E-state index in [1.165, 1.54) is 31.2 Å². The van der Waals surface area contributed by atoms with Gasteiger partial charge in [0.25, 0.3) is 0 Å². The third kappa shape index (κ3) is 1.63. The van der Waals surface area contributed by atoms with E-state index >= 15 is 0 Å². The van der Waals surface area contributed by atoms with Gasteiger partial charge >= 0.3 is 0 Å². The monoisotopic (exact) mass is 181 g/mol. The Morgan fingerprint density at radius 3 is 2.73 bits per heavy atom. The van der Waals surface area contributed by atoms with Crippen LogP contribution < -0.4 is 0 Å². The fourth-order valence-corrected chi connectivity index (χ4v) is 1.89. The fraction of sp³-hybridized carbons (Fsp3) is 0.500. The second kappa shape index (κ2) is 3.64. The van der Waals surface area contributed by atoms with Crippen LogP contribution in [0.5, 0.6) is 0 Å². The molecule has 0 bridgehead atoms. The molecular weight excluding hydrogens is 168 g/mol. The van der Waals surface area contributed by atoms with Crippen molar-refractivity contribution in [3.8, 4) is 0 Å². The summed E-state index contributed by atoms with van der Waals surface area (Å²) in [5, 5.41) is 0. The summed E-state index contributed by atoms with van der Waals surface area (Å²) in [7, 11) is 0. The van der Waals surface area contributed by atoms with Crippen LogP contribution in [0.4, 0.5) is 0 Å². The Morgan fingerprint density at radius 1 is 1.27 bits per heavy atom. The van der Waals surface area contributed by atoms with Crippen molar-refractivity contribution >= 4 is 0 Å². The average molecular weight is 181 g/mol. The van der Waals surface area contributed by atoms with Gasteiger partial charge in [-0.1, -0.05) is 32.6 Å². The Hall–Kier alpha value is 0.0643. The predicted molar refractivity (Wildman–Crippen MR) is 43.4 cm³/mol. The van der Waals surface area contributed by atoms with Crippen molar-refractivity contribution in [1.29, 1.82) is 0 Å². The Kier molecular flexibility index (Phi) is 3.03. The Balaban J connectivity index is 0.000000605. The molecule has 0 aliphatic heterocycles. The van der Waals surface area contributed by atoms with Gasteiger partial charge in [-0.25, -0.2) is 6.07 Å². The van der Waals surface area contributed by atoms with E-state index < -0.39 is 0 Å².